The first-order chi connectivity index (χ1) is 14.8. The van der Waals surface area contributed by atoms with Gasteiger partial charge in [-0.3, -0.25) is 4.90 Å². The van der Waals surface area contributed by atoms with Crippen molar-refractivity contribution in [2.75, 3.05) is 20.2 Å². The monoisotopic (exact) mass is 443 g/mol. The molecule has 1 saturated heterocycles. The maximum absolute atomic E-state index is 13.6. The minimum Gasteiger partial charge on any atom is -0.493 e. The predicted molar refractivity (Wildman–Crippen MR) is 108 cm³/mol. The average molecular weight is 443 g/mol. The highest BCUT2D eigenvalue weighted by molar-refractivity contribution is 5.59. The van der Waals surface area contributed by atoms with Gasteiger partial charge in [0.1, 0.15) is 11.9 Å². The maximum atomic E-state index is 13.6. The fraction of sp³-hybridized carbons (Fsp3) is 0.636. The van der Waals surface area contributed by atoms with E-state index in [-0.39, 0.29) is 48.6 Å². The molecule has 31 heavy (non-hydrogen) atoms. The van der Waals surface area contributed by atoms with Gasteiger partial charge in [-0.1, -0.05) is 44.2 Å². The molecule has 1 aliphatic heterocycles. The Morgan fingerprint density at radius 3 is 2.58 bits per heavy atom. The molecule has 1 aromatic heterocycles. The largest absolute Gasteiger partial charge is 0.493 e. The van der Waals surface area contributed by atoms with Gasteiger partial charge in [0.05, 0.1) is 18.2 Å². The lowest BCUT2D eigenvalue weighted by atomic mass is 10.1. The van der Waals surface area contributed by atoms with E-state index < -0.39 is 17.9 Å². The second-order valence-electron chi connectivity index (χ2n) is 8.07. The van der Waals surface area contributed by atoms with Crippen molar-refractivity contribution in [3.05, 3.63) is 29.7 Å². The minimum atomic E-state index is -4.58. The van der Waals surface area contributed by atoms with Gasteiger partial charge in [-0.15, -0.1) is 0 Å². The minimum absolute atomic E-state index is 0.0404. The van der Waals surface area contributed by atoms with E-state index in [4.69, 9.17) is 9.26 Å². The SMILES string of the molecule is CCCCCCCCOc1ccc(-c2noc(C3CC(F)CN3C)n2)cc1C(F)(F)F. The number of unbranched alkanes of at least 4 members (excludes halogenated alkanes) is 5. The van der Waals surface area contributed by atoms with Gasteiger partial charge in [-0.25, -0.2) is 4.39 Å². The summed E-state index contributed by atoms with van der Waals surface area (Å²) in [6.07, 6.45) is 0.795. The summed E-state index contributed by atoms with van der Waals surface area (Å²) in [4.78, 5) is 5.97. The summed E-state index contributed by atoms with van der Waals surface area (Å²) < 4.78 is 65.1. The van der Waals surface area contributed by atoms with Gasteiger partial charge in [0.25, 0.3) is 0 Å². The fourth-order valence-electron chi connectivity index (χ4n) is 3.79. The molecule has 0 bridgehead atoms. The van der Waals surface area contributed by atoms with E-state index in [1.54, 1.807) is 11.9 Å². The number of nitrogens with zero attached hydrogens (tertiary/aromatic N) is 3. The zero-order chi connectivity index (χ0) is 22.4. The standard InChI is InChI=1S/C22H29F4N3O2/c1-3-4-5-6-7-8-11-30-19-10-9-15(12-17(19)22(24,25)26)20-27-21(31-28-20)18-13-16(23)14-29(18)2/h9-10,12,16,18H,3-8,11,13-14H2,1-2H3. The smallest absolute Gasteiger partial charge is 0.419 e. The highest BCUT2D eigenvalue weighted by Crippen LogP contribution is 2.39. The molecular weight excluding hydrogens is 414 g/mol. The normalized spacial score (nSPS) is 19.8. The Balaban J connectivity index is 1.69. The van der Waals surface area contributed by atoms with Gasteiger partial charge < -0.3 is 9.26 Å². The second kappa shape index (κ2) is 10.4. The van der Waals surface area contributed by atoms with Gasteiger partial charge in [0, 0.05) is 18.5 Å². The van der Waals surface area contributed by atoms with Crippen molar-refractivity contribution in [3.8, 4) is 17.1 Å². The third-order valence-corrected chi connectivity index (χ3v) is 5.52. The Kier molecular flexibility index (Phi) is 7.91. The third kappa shape index (κ3) is 6.18. The van der Waals surface area contributed by atoms with Gasteiger partial charge in [0.15, 0.2) is 0 Å². The number of halogens is 4. The Bertz CT molecular complexity index is 840. The van der Waals surface area contributed by atoms with Crippen LogP contribution in [0.1, 0.15) is 69.4 Å². The van der Waals surface area contributed by atoms with E-state index in [1.807, 2.05) is 0 Å². The van der Waals surface area contributed by atoms with Crippen LogP contribution in [0.3, 0.4) is 0 Å². The molecule has 2 heterocycles. The summed E-state index contributed by atoms with van der Waals surface area (Å²) >= 11 is 0. The number of hydrogen-bond donors (Lipinski definition) is 0. The van der Waals surface area contributed by atoms with Crippen molar-refractivity contribution in [3.63, 3.8) is 0 Å². The van der Waals surface area contributed by atoms with Crippen LogP contribution in [-0.2, 0) is 6.18 Å². The predicted octanol–water partition coefficient (Wildman–Crippen LogP) is 6.21. The van der Waals surface area contributed by atoms with Gasteiger partial charge >= 0.3 is 6.18 Å². The van der Waals surface area contributed by atoms with Crippen LogP contribution in [0.2, 0.25) is 0 Å². The summed E-state index contributed by atoms with van der Waals surface area (Å²) in [5.74, 6) is 0.0395. The lowest BCUT2D eigenvalue weighted by Crippen LogP contribution is -2.18. The quantitative estimate of drug-likeness (QED) is 0.323. The lowest BCUT2D eigenvalue weighted by Gasteiger charge is -2.15. The molecule has 9 heteroatoms. The molecule has 0 N–H and O–H groups in total. The van der Waals surface area contributed by atoms with Crippen molar-refractivity contribution in [1.82, 2.24) is 15.0 Å². The Hall–Kier alpha value is -2.16. The van der Waals surface area contributed by atoms with Crippen LogP contribution in [0.25, 0.3) is 11.4 Å². The van der Waals surface area contributed by atoms with Crippen LogP contribution >= 0.6 is 0 Å². The Morgan fingerprint density at radius 1 is 1.16 bits per heavy atom. The third-order valence-electron chi connectivity index (χ3n) is 5.52. The van der Waals surface area contributed by atoms with Crippen LogP contribution < -0.4 is 4.74 Å². The molecule has 1 aromatic carbocycles. The molecule has 3 rings (SSSR count). The van der Waals surface area contributed by atoms with Crippen LogP contribution in [0.15, 0.2) is 22.7 Å². The number of aromatic nitrogens is 2. The van der Waals surface area contributed by atoms with Gasteiger partial charge in [-0.2, -0.15) is 18.2 Å². The van der Waals surface area contributed by atoms with Crippen molar-refractivity contribution >= 4 is 0 Å². The van der Waals surface area contributed by atoms with E-state index in [2.05, 4.69) is 17.1 Å². The first kappa shape index (κ1) is 23.5. The molecule has 0 spiro atoms. The van der Waals surface area contributed by atoms with Crippen LogP contribution in [0, 0.1) is 0 Å². The number of likely N-dealkylation sites (tertiary alicyclic amines) is 1. The molecule has 0 saturated carbocycles. The Morgan fingerprint density at radius 2 is 1.90 bits per heavy atom. The van der Waals surface area contributed by atoms with E-state index in [9.17, 15) is 17.6 Å². The molecule has 172 valence electrons. The van der Waals surface area contributed by atoms with Crippen molar-refractivity contribution in [2.45, 2.75) is 70.3 Å². The first-order valence-electron chi connectivity index (χ1n) is 10.8. The number of ether oxygens (including phenoxy) is 1. The van der Waals surface area contributed by atoms with Crippen molar-refractivity contribution < 1.29 is 26.8 Å². The highest BCUT2D eigenvalue weighted by atomic mass is 19.4. The van der Waals surface area contributed by atoms with Crippen LogP contribution in [0.4, 0.5) is 17.6 Å². The maximum Gasteiger partial charge on any atom is 0.419 e. The second-order valence-corrected chi connectivity index (χ2v) is 8.07. The molecule has 0 aliphatic carbocycles. The summed E-state index contributed by atoms with van der Waals surface area (Å²) in [6, 6.07) is 3.38. The lowest BCUT2D eigenvalue weighted by molar-refractivity contribution is -0.138. The summed E-state index contributed by atoms with van der Waals surface area (Å²) in [7, 11) is 1.74. The zero-order valence-corrected chi connectivity index (χ0v) is 17.9. The first-order valence-corrected chi connectivity index (χ1v) is 10.8. The van der Waals surface area contributed by atoms with E-state index in [0.29, 0.717) is 6.42 Å². The molecule has 2 aromatic rings. The Labute approximate surface area is 179 Å². The number of rotatable bonds is 10. The summed E-state index contributed by atoms with van der Waals surface area (Å²) in [6.45, 7) is 2.62. The molecule has 5 nitrogen and oxygen atoms in total. The number of alkyl halides is 4. The van der Waals surface area contributed by atoms with Crippen LogP contribution in [0.5, 0.6) is 5.75 Å². The van der Waals surface area contributed by atoms with Crippen LogP contribution in [-0.4, -0.2) is 41.4 Å². The van der Waals surface area contributed by atoms with Crippen molar-refractivity contribution in [2.24, 2.45) is 0 Å². The molecular formula is C22H29F4N3O2. The molecule has 2 unspecified atom stereocenters. The number of hydrogen-bond acceptors (Lipinski definition) is 5. The van der Waals surface area contributed by atoms with Gasteiger partial charge in [-0.05, 0) is 31.7 Å². The molecule has 1 fully saturated rings. The van der Waals surface area contributed by atoms with Crippen molar-refractivity contribution in [1.29, 1.82) is 0 Å². The molecule has 1 aliphatic rings. The average Bonchev–Trinajstić information content (AvgIpc) is 3.32. The van der Waals surface area contributed by atoms with E-state index in [1.165, 1.54) is 18.6 Å². The number of benzene rings is 1. The van der Waals surface area contributed by atoms with E-state index in [0.717, 1.165) is 31.7 Å². The molecule has 0 amide bonds. The summed E-state index contributed by atoms with van der Waals surface area (Å²) in [5, 5.41) is 3.81. The molecule has 0 radical (unpaired) electrons. The zero-order valence-electron chi connectivity index (χ0n) is 17.9. The fourth-order valence-corrected chi connectivity index (χ4v) is 3.79. The summed E-state index contributed by atoms with van der Waals surface area (Å²) in [5.41, 5.74) is -0.698. The molecule has 2 atom stereocenters. The van der Waals surface area contributed by atoms with E-state index >= 15 is 0 Å². The highest BCUT2D eigenvalue weighted by Gasteiger charge is 2.36. The van der Waals surface area contributed by atoms with Gasteiger partial charge in [0.2, 0.25) is 11.7 Å². The topological polar surface area (TPSA) is 51.4 Å².